The predicted molar refractivity (Wildman–Crippen MR) is 198 cm³/mol. The summed E-state index contributed by atoms with van der Waals surface area (Å²) >= 11 is 0. The third-order valence-electron chi connectivity index (χ3n) is 11.2. The zero-order valence-electron chi connectivity index (χ0n) is 31.6. The number of ether oxygens (including phenoxy) is 3. The van der Waals surface area contributed by atoms with Crippen molar-refractivity contribution in [2.75, 3.05) is 13.7 Å². The van der Waals surface area contributed by atoms with E-state index in [1.54, 1.807) is 34.1 Å². The molecule has 1 aromatic carbocycles. The average molecular weight is 752 g/mol. The Kier molecular flexibility index (Phi) is 11.0. The highest BCUT2D eigenvalue weighted by Crippen LogP contribution is 2.57. The molecule has 1 saturated heterocycles. The predicted octanol–water partition coefficient (Wildman–Crippen LogP) is 5.53. The Bertz CT molecular complexity index is 1880. The number of methoxy groups -OCH3 is 1. The standard InChI is InChI=1S/C40H53N3O9S/c1-24-11-7-8-12-26-20-40(26,38(47)42-53(48,49)28-15-16-28)21-33(44)32-18-27(51-36-30-14-10-9-13-29(30)34(50-6)22-41-36)23-43(32)37(46)31(25(2)17-24)19-35(45)52-39(3,4)5/h8-10,12-14,22,24-28,31-32H,7,11,15-21,23H2,1-6H3,(H,42,47)/b12-8-/t24-,25-,26-,27-,31+,32+,40-/m1/s1. The number of amides is 2. The molecule has 2 aliphatic heterocycles. The normalized spacial score (nSPS) is 30.3. The van der Waals surface area contributed by atoms with Crippen LogP contribution in [0.1, 0.15) is 92.4 Å². The molecule has 2 saturated carbocycles. The summed E-state index contributed by atoms with van der Waals surface area (Å²) in [4.78, 5) is 62.5. The van der Waals surface area contributed by atoms with Crippen molar-refractivity contribution in [2.24, 2.45) is 29.1 Å². The summed E-state index contributed by atoms with van der Waals surface area (Å²) in [5.74, 6) is -2.02. The van der Waals surface area contributed by atoms with E-state index in [1.807, 2.05) is 43.3 Å². The lowest BCUT2D eigenvalue weighted by molar-refractivity contribution is -0.160. The molecule has 13 heteroatoms. The van der Waals surface area contributed by atoms with Gasteiger partial charge < -0.3 is 19.1 Å². The number of esters is 1. The number of Topliss-reactive ketones (excluding diaryl/α,β-unsaturated/α-hetero) is 1. The Labute approximate surface area is 312 Å². The van der Waals surface area contributed by atoms with Gasteiger partial charge in [0.1, 0.15) is 17.5 Å². The van der Waals surface area contributed by atoms with Crippen molar-refractivity contribution in [3.63, 3.8) is 0 Å². The van der Waals surface area contributed by atoms with Crippen molar-refractivity contribution >= 4 is 44.4 Å². The number of benzene rings is 1. The summed E-state index contributed by atoms with van der Waals surface area (Å²) in [5.41, 5.74) is -1.99. The largest absolute Gasteiger partial charge is 0.494 e. The van der Waals surface area contributed by atoms with Crippen LogP contribution < -0.4 is 14.2 Å². The number of nitrogens with one attached hydrogen (secondary N) is 1. The minimum Gasteiger partial charge on any atom is -0.494 e. The molecule has 0 spiro atoms. The van der Waals surface area contributed by atoms with Crippen LogP contribution in [0.25, 0.3) is 10.8 Å². The first kappa shape index (κ1) is 38.7. The number of pyridine rings is 1. The Morgan fingerprint density at radius 2 is 1.77 bits per heavy atom. The maximum absolute atomic E-state index is 14.8. The topological polar surface area (TPSA) is 158 Å². The zero-order chi connectivity index (χ0) is 38.3. The third-order valence-corrected chi connectivity index (χ3v) is 13.0. The van der Waals surface area contributed by atoms with Gasteiger partial charge in [-0.15, -0.1) is 0 Å². The Morgan fingerprint density at radius 3 is 2.45 bits per heavy atom. The lowest BCUT2D eigenvalue weighted by Gasteiger charge is -2.32. The van der Waals surface area contributed by atoms with Gasteiger partial charge in [-0.3, -0.25) is 23.9 Å². The quantitative estimate of drug-likeness (QED) is 0.269. The summed E-state index contributed by atoms with van der Waals surface area (Å²) in [6, 6.07) is 6.53. The highest BCUT2D eigenvalue weighted by Gasteiger charge is 2.61. The van der Waals surface area contributed by atoms with Crippen molar-refractivity contribution in [3.8, 4) is 11.6 Å². The minimum absolute atomic E-state index is 0.0585. The van der Waals surface area contributed by atoms with Gasteiger partial charge >= 0.3 is 5.97 Å². The second kappa shape index (κ2) is 15.0. The number of nitrogens with zero attached hydrogens (tertiary/aromatic N) is 2. The number of ketones is 1. The van der Waals surface area contributed by atoms with Crippen LogP contribution in [0.15, 0.2) is 42.6 Å². The van der Waals surface area contributed by atoms with E-state index in [4.69, 9.17) is 14.2 Å². The van der Waals surface area contributed by atoms with E-state index in [9.17, 15) is 27.6 Å². The zero-order valence-corrected chi connectivity index (χ0v) is 32.4. The molecule has 12 nitrogen and oxygen atoms in total. The molecule has 2 aromatic rings. The van der Waals surface area contributed by atoms with Crippen molar-refractivity contribution in [3.05, 3.63) is 42.6 Å². The van der Waals surface area contributed by atoms with Gasteiger partial charge in [0.2, 0.25) is 27.7 Å². The van der Waals surface area contributed by atoms with E-state index in [-0.39, 0.29) is 55.3 Å². The number of rotatable bonds is 8. The summed E-state index contributed by atoms with van der Waals surface area (Å²) in [7, 11) is -2.28. The van der Waals surface area contributed by atoms with E-state index in [1.165, 1.54) is 4.90 Å². The summed E-state index contributed by atoms with van der Waals surface area (Å²) in [6.45, 7) is 9.49. The molecule has 3 fully saturated rings. The maximum atomic E-state index is 14.8. The van der Waals surface area contributed by atoms with Crippen LogP contribution in [0.2, 0.25) is 0 Å². The summed E-state index contributed by atoms with van der Waals surface area (Å²) in [6.07, 6.45) is 8.19. The molecule has 288 valence electrons. The van der Waals surface area contributed by atoms with Crippen LogP contribution in [-0.4, -0.2) is 78.5 Å². The Hall–Kier alpha value is -4.00. The van der Waals surface area contributed by atoms with Crippen molar-refractivity contribution in [1.29, 1.82) is 0 Å². The van der Waals surface area contributed by atoms with Gasteiger partial charge in [-0.05, 0) is 83.1 Å². The second-order valence-corrected chi connectivity index (χ2v) is 18.6. The summed E-state index contributed by atoms with van der Waals surface area (Å²) < 4.78 is 45.7. The number of allylic oxidation sites excluding steroid dienone is 2. The first-order chi connectivity index (χ1) is 25.0. The highest BCUT2D eigenvalue weighted by atomic mass is 32.2. The van der Waals surface area contributed by atoms with Crippen LogP contribution in [0.3, 0.4) is 0 Å². The number of hydrogen-bond donors (Lipinski definition) is 1. The smallest absolute Gasteiger partial charge is 0.307 e. The molecule has 2 amide bonds. The molecule has 1 N–H and O–H groups in total. The molecule has 6 rings (SSSR count). The number of sulfonamides is 1. The number of aromatic nitrogens is 1. The molecule has 7 atom stereocenters. The van der Waals surface area contributed by atoms with Gasteiger partial charge in [0.05, 0.1) is 48.9 Å². The van der Waals surface area contributed by atoms with E-state index < -0.39 is 56.2 Å². The summed E-state index contributed by atoms with van der Waals surface area (Å²) in [5, 5.41) is 0.907. The first-order valence-electron chi connectivity index (χ1n) is 18.9. The van der Waals surface area contributed by atoms with Crippen LogP contribution >= 0.6 is 0 Å². The van der Waals surface area contributed by atoms with Crippen molar-refractivity contribution in [2.45, 2.75) is 115 Å². The van der Waals surface area contributed by atoms with Gasteiger partial charge in [0, 0.05) is 23.6 Å². The second-order valence-electron chi connectivity index (χ2n) is 16.7. The molecule has 1 aromatic heterocycles. The van der Waals surface area contributed by atoms with E-state index in [0.29, 0.717) is 42.7 Å². The lowest BCUT2D eigenvalue weighted by Crippen LogP contribution is -2.47. The van der Waals surface area contributed by atoms with Crippen LogP contribution in [0.4, 0.5) is 0 Å². The van der Waals surface area contributed by atoms with Crippen LogP contribution in [0.5, 0.6) is 11.6 Å². The molecular formula is C40H53N3O9S. The van der Waals surface area contributed by atoms with Crippen LogP contribution in [-0.2, 0) is 33.9 Å². The van der Waals surface area contributed by atoms with Gasteiger partial charge in [-0.2, -0.15) is 0 Å². The van der Waals surface area contributed by atoms with Gasteiger partial charge in [0.15, 0.2) is 5.78 Å². The number of hydrogen-bond acceptors (Lipinski definition) is 10. The van der Waals surface area contributed by atoms with Gasteiger partial charge in [-0.25, -0.2) is 13.4 Å². The van der Waals surface area contributed by atoms with Gasteiger partial charge in [-0.1, -0.05) is 44.2 Å². The third kappa shape index (κ3) is 8.71. The highest BCUT2D eigenvalue weighted by molar-refractivity contribution is 7.90. The molecule has 4 aliphatic rings. The monoisotopic (exact) mass is 751 g/mol. The number of carbonyl (C=O) groups is 4. The Balaban J connectivity index is 1.35. The number of fused-ring (bicyclic) bond motifs is 3. The number of carbonyl (C=O) groups excluding carboxylic acids is 4. The van der Waals surface area contributed by atoms with E-state index in [0.717, 1.165) is 18.2 Å². The first-order valence-corrected chi connectivity index (χ1v) is 20.4. The Morgan fingerprint density at radius 1 is 1.06 bits per heavy atom. The fourth-order valence-corrected chi connectivity index (χ4v) is 9.49. The van der Waals surface area contributed by atoms with Crippen molar-refractivity contribution in [1.82, 2.24) is 14.6 Å². The fourth-order valence-electron chi connectivity index (χ4n) is 8.10. The maximum Gasteiger partial charge on any atom is 0.307 e. The molecular weight excluding hydrogens is 699 g/mol. The molecule has 3 heterocycles. The molecule has 2 aliphatic carbocycles. The minimum atomic E-state index is -3.85. The van der Waals surface area contributed by atoms with E-state index >= 15 is 0 Å². The molecule has 0 bridgehead atoms. The average Bonchev–Trinajstić information content (AvgIpc) is 4.01. The van der Waals surface area contributed by atoms with Crippen LogP contribution in [0, 0.1) is 29.1 Å². The van der Waals surface area contributed by atoms with E-state index in [2.05, 4.69) is 16.6 Å². The molecule has 53 heavy (non-hydrogen) atoms. The molecule has 0 radical (unpaired) electrons. The van der Waals surface area contributed by atoms with Crippen molar-refractivity contribution < 1.29 is 41.8 Å². The van der Waals surface area contributed by atoms with Gasteiger partial charge in [0.25, 0.3) is 0 Å². The fraction of sp³-hybridized carbons (Fsp3) is 0.625. The SMILES string of the molecule is COc1cnc(O[C@@H]2C[C@H]3C(=O)C[C@]4(C(=O)NS(=O)(=O)C5CC5)C[C@H]4/C=C\CC[C@@H](C)C[C@@H](C)[C@H](CC(=O)OC(C)(C)C)C(=O)N3C2)c2ccccc12. The lowest BCUT2D eigenvalue weighted by atomic mass is 9.82. The molecule has 0 unspecified atom stereocenters.